The number of thioether (sulfide) groups is 2. The summed E-state index contributed by atoms with van der Waals surface area (Å²) in [5.74, 6) is 0. The van der Waals surface area contributed by atoms with E-state index in [0.29, 0.717) is 10.3 Å². The van der Waals surface area contributed by atoms with Gasteiger partial charge in [0, 0.05) is 28.2 Å². The summed E-state index contributed by atoms with van der Waals surface area (Å²) in [6, 6.07) is -1.18. The van der Waals surface area contributed by atoms with Gasteiger partial charge < -0.3 is 49.9 Å². The van der Waals surface area contributed by atoms with E-state index in [0.717, 1.165) is 0 Å². The number of alkyl halides is 2. The van der Waals surface area contributed by atoms with Crippen LogP contribution in [-0.4, -0.2) is 164 Å². The Hall–Kier alpha value is -0.820. The van der Waals surface area contributed by atoms with Gasteiger partial charge in [-0.05, 0) is 0 Å². The highest BCUT2D eigenvalue weighted by Crippen LogP contribution is 2.39. The second-order valence-corrected chi connectivity index (χ2v) is 11.3. The molecule has 2 saturated heterocycles. The number of aliphatic hydroxyl groups excluding tert-OH is 6. The molecule has 0 aliphatic carbocycles. The average Bonchev–Trinajstić information content (AvgIpc) is 3.48. The summed E-state index contributed by atoms with van der Waals surface area (Å²) in [4.78, 5) is 12.1. The van der Waals surface area contributed by atoms with Crippen molar-refractivity contribution < 1.29 is 48.9 Å². The second kappa shape index (κ2) is 12.4. The van der Waals surface area contributed by atoms with Crippen LogP contribution in [0.25, 0.3) is 0 Å². The summed E-state index contributed by atoms with van der Waals surface area (Å²) in [6.45, 7) is -2.06. The zero-order valence-electron chi connectivity index (χ0n) is 20.2. The number of amidine groups is 2. The molecule has 2 fully saturated rings. The lowest BCUT2D eigenvalue weighted by Crippen LogP contribution is -2.58. The molecule has 0 aromatic rings. The molecule has 4 aliphatic rings. The highest BCUT2D eigenvalue weighted by atomic mass is 32.2. The van der Waals surface area contributed by atoms with E-state index in [9.17, 15) is 39.4 Å². The molecule has 0 unspecified atom stereocenters. The maximum atomic E-state index is 12.5. The molecule has 0 saturated carbocycles. The molecule has 4 rings (SSSR count). The van der Waals surface area contributed by atoms with Gasteiger partial charge in [0.25, 0.3) is 0 Å². The zero-order valence-corrected chi connectivity index (χ0v) is 21.8. The predicted molar refractivity (Wildman–Crippen MR) is 130 cm³/mol. The molecule has 0 radical (unpaired) electrons. The first-order valence-corrected chi connectivity index (χ1v) is 13.0. The van der Waals surface area contributed by atoms with Crippen LogP contribution in [0, 0.1) is 0 Å². The van der Waals surface area contributed by atoms with Crippen LogP contribution in [0.4, 0.5) is 8.78 Å². The quantitative estimate of drug-likeness (QED) is 0.216. The van der Waals surface area contributed by atoms with E-state index < -0.39 is 85.1 Å². The van der Waals surface area contributed by atoms with Crippen LogP contribution in [0.5, 0.6) is 0 Å². The third kappa shape index (κ3) is 6.08. The fourth-order valence-electron chi connectivity index (χ4n) is 3.99. The molecule has 0 bridgehead atoms. The zero-order chi connectivity index (χ0) is 26.9. The number of fused-ring (bicyclic) bond motifs is 2. The fraction of sp³-hybridized carbons (Fsp3) is 0.900. The maximum Gasteiger partial charge on any atom is 0.161 e. The van der Waals surface area contributed by atoms with Crippen molar-refractivity contribution in [3.8, 4) is 0 Å². The van der Waals surface area contributed by atoms with Gasteiger partial charge >= 0.3 is 0 Å². The van der Waals surface area contributed by atoms with Gasteiger partial charge in [0.05, 0.1) is 0 Å². The molecule has 0 amide bonds. The minimum absolute atomic E-state index is 0.507. The van der Waals surface area contributed by atoms with Gasteiger partial charge in [-0.1, -0.05) is 23.5 Å². The number of aliphatic imine (C=N–C) groups is 2. The van der Waals surface area contributed by atoms with E-state index in [-0.39, 0.29) is 0 Å². The van der Waals surface area contributed by atoms with Crippen molar-refractivity contribution in [1.29, 1.82) is 0 Å². The Balaban J connectivity index is 0.000000201. The van der Waals surface area contributed by atoms with Crippen LogP contribution >= 0.6 is 23.5 Å². The molecule has 0 spiro atoms. The monoisotopic (exact) mass is 560 g/mol. The van der Waals surface area contributed by atoms with Gasteiger partial charge in [-0.3, -0.25) is 9.98 Å². The van der Waals surface area contributed by atoms with Crippen LogP contribution in [-0.2, 0) is 9.47 Å². The van der Waals surface area contributed by atoms with Gasteiger partial charge in [-0.15, -0.1) is 0 Å². The van der Waals surface area contributed by atoms with E-state index in [1.165, 1.54) is 23.5 Å². The molecule has 4 heterocycles. The van der Waals surface area contributed by atoms with Gasteiger partial charge in [0.2, 0.25) is 0 Å². The molecule has 0 aromatic carbocycles. The van der Waals surface area contributed by atoms with Gasteiger partial charge in [0.15, 0.2) is 10.3 Å². The SMILES string of the molecule is CN(C)C1=N[C@@H]2[C@@H](O)[C@H](O)[C@@H]([C@@H](O)CF)O[C@@H]2S1.CN(C)C1=N[C@@H]2[C@@H](O)[C@H](O)[C@@H]([C@H](O)CF)O[C@@H]2S1. The Morgan fingerprint density at radius 3 is 1.33 bits per heavy atom. The van der Waals surface area contributed by atoms with Crippen LogP contribution < -0.4 is 0 Å². The minimum Gasteiger partial charge on any atom is -0.388 e. The Labute approximate surface area is 216 Å². The summed E-state index contributed by atoms with van der Waals surface area (Å²) in [7, 11) is 7.22. The number of hydrogen-bond donors (Lipinski definition) is 6. The van der Waals surface area contributed by atoms with Crippen molar-refractivity contribution in [3.63, 3.8) is 0 Å². The number of aliphatic hydroxyl groups is 6. The average molecular weight is 561 g/mol. The lowest BCUT2D eigenvalue weighted by atomic mass is 9.95. The number of nitrogens with zero attached hydrogens (tertiary/aromatic N) is 4. The highest BCUT2D eigenvalue weighted by molar-refractivity contribution is 8.14. The molecule has 12 atom stereocenters. The topological polar surface area (TPSA) is 171 Å². The first-order chi connectivity index (χ1) is 16.9. The Morgan fingerprint density at radius 1 is 0.722 bits per heavy atom. The van der Waals surface area contributed by atoms with Crippen LogP contribution in [0.1, 0.15) is 0 Å². The molecule has 6 N–H and O–H groups in total. The normalized spacial score (nSPS) is 41.2. The van der Waals surface area contributed by atoms with Crippen LogP contribution in [0.3, 0.4) is 0 Å². The Morgan fingerprint density at radius 2 is 1.06 bits per heavy atom. The summed E-state index contributed by atoms with van der Waals surface area (Å²) in [6.07, 6.45) is -10.2. The van der Waals surface area contributed by atoms with Gasteiger partial charge in [-0.2, -0.15) is 0 Å². The maximum absolute atomic E-state index is 12.5. The van der Waals surface area contributed by atoms with Crippen molar-refractivity contribution in [1.82, 2.24) is 9.80 Å². The van der Waals surface area contributed by atoms with Crippen molar-refractivity contribution in [3.05, 3.63) is 0 Å². The smallest absolute Gasteiger partial charge is 0.161 e. The predicted octanol–water partition coefficient (Wildman–Crippen LogP) is -2.41. The minimum atomic E-state index is -1.44. The van der Waals surface area contributed by atoms with E-state index in [1.54, 1.807) is 38.0 Å². The second-order valence-electron chi connectivity index (χ2n) is 9.17. The molecule has 4 aliphatic heterocycles. The van der Waals surface area contributed by atoms with Crippen molar-refractivity contribution in [2.75, 3.05) is 41.5 Å². The first kappa shape index (κ1) is 29.7. The molecule has 16 heteroatoms. The highest BCUT2D eigenvalue weighted by Gasteiger charge is 2.51. The van der Waals surface area contributed by atoms with Gasteiger partial charge in [-0.25, -0.2) is 8.78 Å². The van der Waals surface area contributed by atoms with Crippen molar-refractivity contribution >= 4 is 33.9 Å². The van der Waals surface area contributed by atoms with E-state index in [1.807, 2.05) is 0 Å². The molecular formula is C20H34F2N4O8S2. The third-order valence-electron chi connectivity index (χ3n) is 6.02. The summed E-state index contributed by atoms with van der Waals surface area (Å²) in [5, 5.41) is 59.8. The number of hydrogen-bond acceptors (Lipinski definition) is 14. The number of ether oxygens (including phenoxy) is 2. The summed E-state index contributed by atoms with van der Waals surface area (Å²) >= 11 is 2.58. The van der Waals surface area contributed by atoms with Crippen LogP contribution in [0.15, 0.2) is 9.98 Å². The van der Waals surface area contributed by atoms with Gasteiger partial charge in [0.1, 0.15) is 85.1 Å². The standard InChI is InChI=1S/2C10H17FN2O4S/c2*1-13(2)10-12-5-6(15)7(16)8(4(14)3-11)17-9(5)18-10/h2*4-9,14-16H,3H2,1-2H3/t4-,5+,6+,7-,8+,9+;4-,5-,6-,7+,8-,9-/m01/s1. The van der Waals surface area contributed by atoms with E-state index in [2.05, 4.69) is 9.98 Å². The Kier molecular flexibility index (Phi) is 10.2. The van der Waals surface area contributed by atoms with E-state index in [4.69, 9.17) is 9.47 Å². The number of rotatable bonds is 4. The first-order valence-electron chi connectivity index (χ1n) is 11.3. The fourth-order valence-corrected chi connectivity index (χ4v) is 6.29. The molecule has 12 nitrogen and oxygen atoms in total. The van der Waals surface area contributed by atoms with Crippen LogP contribution in [0.2, 0.25) is 0 Å². The molecule has 0 aromatic heterocycles. The Bertz CT molecular complexity index is 752. The molecule has 36 heavy (non-hydrogen) atoms. The van der Waals surface area contributed by atoms with E-state index >= 15 is 0 Å². The number of halogens is 2. The lowest BCUT2D eigenvalue weighted by Gasteiger charge is -2.39. The summed E-state index contributed by atoms with van der Waals surface area (Å²) in [5.41, 5.74) is -1.01. The van der Waals surface area contributed by atoms with Crippen molar-refractivity contribution in [2.45, 2.75) is 71.8 Å². The molecular weight excluding hydrogens is 526 g/mol. The summed E-state index contributed by atoms with van der Waals surface area (Å²) < 4.78 is 35.8. The largest absolute Gasteiger partial charge is 0.388 e. The third-order valence-corrected chi connectivity index (χ3v) is 8.62. The van der Waals surface area contributed by atoms with Crippen molar-refractivity contribution in [2.24, 2.45) is 9.98 Å². The lowest BCUT2D eigenvalue weighted by molar-refractivity contribution is -0.186. The molecule has 208 valence electrons.